The molecular formula is C18H25N4O4S+. The zero-order chi connectivity index (χ0) is 19.9. The molecule has 8 nitrogen and oxygen atoms in total. The Balaban J connectivity index is 1.78. The number of imide groups is 1. The Labute approximate surface area is 162 Å². The van der Waals surface area contributed by atoms with E-state index in [0.717, 1.165) is 15.4 Å². The average Bonchev–Trinajstić information content (AvgIpc) is 2.62. The molecule has 3 aliphatic rings. The summed E-state index contributed by atoms with van der Waals surface area (Å²) in [5.41, 5.74) is 0.842. The minimum Gasteiger partial charge on any atom is -0.372 e. The van der Waals surface area contributed by atoms with Gasteiger partial charge in [0, 0.05) is 18.0 Å². The summed E-state index contributed by atoms with van der Waals surface area (Å²) in [5.74, 6) is -0.279. The van der Waals surface area contributed by atoms with Crippen molar-refractivity contribution < 1.29 is 23.7 Å². The quantitative estimate of drug-likeness (QED) is 0.667. The normalized spacial score (nSPS) is 28.9. The van der Waals surface area contributed by atoms with E-state index in [0.29, 0.717) is 18.9 Å². The van der Waals surface area contributed by atoms with Crippen molar-refractivity contribution in [2.24, 2.45) is 10.9 Å². The maximum absolute atomic E-state index is 12.7. The van der Waals surface area contributed by atoms with Crippen molar-refractivity contribution in [2.45, 2.75) is 33.0 Å². The topological polar surface area (TPSA) is 82.3 Å². The van der Waals surface area contributed by atoms with Crippen molar-refractivity contribution in [3.63, 3.8) is 0 Å². The molecule has 3 aliphatic heterocycles. The molecule has 3 heterocycles. The van der Waals surface area contributed by atoms with Crippen LogP contribution in [0.25, 0.3) is 0 Å². The van der Waals surface area contributed by atoms with Crippen LogP contribution in [-0.4, -0.2) is 89.4 Å². The summed E-state index contributed by atoms with van der Waals surface area (Å²) in [6.07, 6.45) is 1.68. The Morgan fingerprint density at radius 1 is 1.33 bits per heavy atom. The Kier molecular flexibility index (Phi) is 5.53. The van der Waals surface area contributed by atoms with Crippen LogP contribution in [0.2, 0.25) is 0 Å². The van der Waals surface area contributed by atoms with E-state index in [1.54, 1.807) is 13.3 Å². The molecule has 0 bridgehead atoms. The number of carbonyl (C=O) groups excluding carboxylic acids is 3. The Morgan fingerprint density at radius 3 is 2.59 bits per heavy atom. The van der Waals surface area contributed by atoms with Gasteiger partial charge < -0.3 is 9.64 Å². The molecule has 146 valence electrons. The van der Waals surface area contributed by atoms with Gasteiger partial charge in [-0.15, -0.1) is 16.8 Å². The second kappa shape index (κ2) is 7.55. The zero-order valence-corrected chi connectivity index (χ0v) is 17.1. The highest BCUT2D eigenvalue weighted by Gasteiger charge is 2.48. The number of nitrogens with zero attached hydrogens (tertiary/aromatic N) is 4. The fourth-order valence-electron chi connectivity index (χ4n) is 3.57. The van der Waals surface area contributed by atoms with Crippen molar-refractivity contribution in [1.29, 1.82) is 0 Å². The van der Waals surface area contributed by atoms with Crippen molar-refractivity contribution >= 4 is 41.7 Å². The van der Waals surface area contributed by atoms with E-state index >= 15 is 0 Å². The molecule has 0 aromatic heterocycles. The summed E-state index contributed by atoms with van der Waals surface area (Å²) in [5, 5.41) is 0. The lowest BCUT2D eigenvalue weighted by molar-refractivity contribution is -0.407. The summed E-state index contributed by atoms with van der Waals surface area (Å²) in [6.45, 7) is 6.93. The van der Waals surface area contributed by atoms with E-state index in [1.165, 1.54) is 23.4 Å². The minimum absolute atomic E-state index is 0.0126. The van der Waals surface area contributed by atoms with Crippen LogP contribution < -0.4 is 0 Å². The number of amides is 4. The lowest BCUT2D eigenvalue weighted by atomic mass is 9.99. The van der Waals surface area contributed by atoms with Gasteiger partial charge in [0.2, 0.25) is 5.91 Å². The Hall–Kier alpha value is -2.00. The number of carbonyl (C=O) groups is 3. The SMILES string of the molecule is CC1=C(SCC(=O)N2CC(C)OC(C)C2)C2C(=O)N(C)C(=O)[N+](C)=C2N=C1. The van der Waals surface area contributed by atoms with Crippen molar-refractivity contribution in [2.75, 3.05) is 32.9 Å². The average molecular weight is 393 g/mol. The van der Waals surface area contributed by atoms with E-state index < -0.39 is 11.9 Å². The van der Waals surface area contributed by atoms with Crippen LogP contribution in [0.4, 0.5) is 4.79 Å². The Morgan fingerprint density at radius 2 is 1.96 bits per heavy atom. The van der Waals surface area contributed by atoms with Gasteiger partial charge in [-0.25, -0.2) is 4.79 Å². The molecule has 27 heavy (non-hydrogen) atoms. The summed E-state index contributed by atoms with van der Waals surface area (Å²) < 4.78 is 7.07. The van der Waals surface area contributed by atoms with Gasteiger partial charge in [0.25, 0.3) is 5.84 Å². The van der Waals surface area contributed by atoms with E-state index in [9.17, 15) is 14.4 Å². The maximum atomic E-state index is 12.7. The highest BCUT2D eigenvalue weighted by molar-refractivity contribution is 8.03. The summed E-state index contributed by atoms with van der Waals surface area (Å²) >= 11 is 1.35. The third-order valence-corrected chi connectivity index (χ3v) is 6.18. The van der Waals surface area contributed by atoms with Crippen LogP contribution in [0, 0.1) is 5.92 Å². The van der Waals surface area contributed by atoms with Crippen molar-refractivity contribution in [1.82, 2.24) is 9.80 Å². The first-order valence-corrected chi connectivity index (χ1v) is 9.92. The first-order valence-electron chi connectivity index (χ1n) is 8.93. The summed E-state index contributed by atoms with van der Waals surface area (Å²) in [4.78, 5) is 45.6. The Bertz CT molecular complexity index is 778. The summed E-state index contributed by atoms with van der Waals surface area (Å²) in [7, 11) is 3.07. The van der Waals surface area contributed by atoms with Gasteiger partial charge in [-0.2, -0.15) is 9.48 Å². The smallest absolute Gasteiger partial charge is 0.372 e. The number of amidine groups is 1. The van der Waals surface area contributed by atoms with Crippen LogP contribution in [0.1, 0.15) is 20.8 Å². The number of fused-ring (bicyclic) bond motifs is 1. The molecule has 4 amide bonds. The molecule has 3 atom stereocenters. The van der Waals surface area contributed by atoms with Gasteiger partial charge in [-0.1, -0.05) is 0 Å². The highest BCUT2D eigenvalue weighted by atomic mass is 32.2. The number of hydrogen-bond donors (Lipinski definition) is 0. The van der Waals surface area contributed by atoms with Crippen molar-refractivity contribution in [3.05, 3.63) is 10.5 Å². The largest absolute Gasteiger partial charge is 0.445 e. The van der Waals surface area contributed by atoms with Gasteiger partial charge in [0.05, 0.1) is 32.1 Å². The minimum atomic E-state index is -0.636. The molecule has 1 saturated heterocycles. The zero-order valence-electron chi connectivity index (χ0n) is 16.3. The number of thioether (sulfide) groups is 1. The number of aliphatic imine (C=N–C) groups is 1. The monoisotopic (exact) mass is 393 g/mol. The van der Waals surface area contributed by atoms with E-state index in [1.807, 2.05) is 25.7 Å². The van der Waals surface area contributed by atoms with Crippen LogP contribution in [0.5, 0.6) is 0 Å². The molecule has 0 aliphatic carbocycles. The van der Waals surface area contributed by atoms with Crippen LogP contribution in [-0.2, 0) is 14.3 Å². The number of ether oxygens (including phenoxy) is 1. The van der Waals surface area contributed by atoms with Crippen LogP contribution in [0.3, 0.4) is 0 Å². The molecule has 3 unspecified atom stereocenters. The number of rotatable bonds is 3. The lowest BCUT2D eigenvalue weighted by Crippen LogP contribution is -2.53. The highest BCUT2D eigenvalue weighted by Crippen LogP contribution is 2.34. The van der Waals surface area contributed by atoms with Gasteiger partial charge in [-0.05, 0) is 26.3 Å². The molecule has 9 heteroatoms. The molecular weight excluding hydrogens is 368 g/mol. The van der Waals surface area contributed by atoms with Gasteiger partial charge in [0.1, 0.15) is 6.21 Å². The second-order valence-electron chi connectivity index (χ2n) is 7.18. The molecule has 1 fully saturated rings. The number of urea groups is 1. The maximum Gasteiger partial charge on any atom is 0.445 e. The fourth-order valence-corrected chi connectivity index (χ4v) is 4.68. The molecule has 0 radical (unpaired) electrons. The fraction of sp³-hybridized carbons (Fsp3) is 0.611. The molecule has 0 aromatic rings. The first-order chi connectivity index (χ1) is 12.7. The van der Waals surface area contributed by atoms with E-state index in [-0.39, 0.29) is 29.8 Å². The number of dihydropyridines is 1. The third kappa shape index (κ3) is 3.70. The van der Waals surface area contributed by atoms with Gasteiger partial charge in [0.15, 0.2) is 5.92 Å². The van der Waals surface area contributed by atoms with Gasteiger partial charge >= 0.3 is 11.9 Å². The van der Waals surface area contributed by atoms with E-state index in [2.05, 4.69) is 4.99 Å². The molecule has 0 N–H and O–H groups in total. The lowest BCUT2D eigenvalue weighted by Gasteiger charge is -2.35. The van der Waals surface area contributed by atoms with E-state index in [4.69, 9.17) is 4.74 Å². The third-order valence-electron chi connectivity index (χ3n) is 4.92. The predicted molar refractivity (Wildman–Crippen MR) is 103 cm³/mol. The first kappa shape index (κ1) is 19.8. The molecule has 0 saturated carbocycles. The number of morpholine rings is 1. The van der Waals surface area contributed by atoms with Gasteiger partial charge in [-0.3, -0.25) is 9.59 Å². The van der Waals surface area contributed by atoms with Crippen LogP contribution in [0.15, 0.2) is 15.5 Å². The molecule has 3 rings (SSSR count). The molecule has 0 aromatic carbocycles. The van der Waals surface area contributed by atoms with Crippen molar-refractivity contribution in [3.8, 4) is 0 Å². The molecule has 0 spiro atoms. The summed E-state index contributed by atoms with van der Waals surface area (Å²) in [6, 6.07) is -0.403. The second-order valence-corrected chi connectivity index (χ2v) is 8.20. The van der Waals surface area contributed by atoms with Crippen LogP contribution >= 0.6 is 11.8 Å². The predicted octanol–water partition coefficient (Wildman–Crippen LogP) is 0.963. The number of hydrogen-bond acceptors (Lipinski definition) is 6. The standard InChI is InChI=1S/C18H25N4O4S/c1-10-6-19-16-14(17(24)21(5)18(25)20(16)4)15(10)27-9-13(23)22-7-11(2)26-12(3)8-22/h6,11-12,14H,7-9H2,1-5H3/q+1. The number of allylic oxidation sites excluding steroid dienone is 1.